The van der Waals surface area contributed by atoms with E-state index in [2.05, 4.69) is 10.6 Å². The van der Waals surface area contributed by atoms with E-state index < -0.39 is 35.7 Å². The molecule has 1 fully saturated rings. The van der Waals surface area contributed by atoms with E-state index >= 15 is 0 Å². The highest BCUT2D eigenvalue weighted by molar-refractivity contribution is 5.94. The summed E-state index contributed by atoms with van der Waals surface area (Å²) in [5.74, 6) is -2.22. The molecule has 1 aliphatic carbocycles. The molecule has 0 spiro atoms. The minimum absolute atomic E-state index is 0.0809. The van der Waals surface area contributed by atoms with E-state index in [4.69, 9.17) is 9.47 Å². The zero-order valence-electron chi connectivity index (χ0n) is 18.9. The van der Waals surface area contributed by atoms with Crippen LogP contribution in [0.5, 0.6) is 0 Å². The largest absolute Gasteiger partial charge is 0.479 e. The molecule has 4 N–H and O–H groups in total. The molecular weight excluding hydrogens is 440 g/mol. The molecule has 9 nitrogen and oxygen atoms in total. The Kier molecular flexibility index (Phi) is 6.58. The van der Waals surface area contributed by atoms with Gasteiger partial charge in [-0.05, 0) is 29.2 Å². The molecular formula is C25H28N2O7. The molecule has 1 heterocycles. The number of ether oxygens (including phenoxy) is 2. The minimum Gasteiger partial charge on any atom is -0.479 e. The van der Waals surface area contributed by atoms with Crippen molar-refractivity contribution in [3.05, 3.63) is 59.7 Å². The van der Waals surface area contributed by atoms with Gasteiger partial charge in [-0.1, -0.05) is 48.5 Å². The number of carbonyl (C=O) groups is 3. The van der Waals surface area contributed by atoms with Crippen molar-refractivity contribution in [1.82, 2.24) is 10.6 Å². The maximum Gasteiger partial charge on any atom is 0.408 e. The first-order valence-corrected chi connectivity index (χ1v) is 11.2. The van der Waals surface area contributed by atoms with Gasteiger partial charge in [-0.15, -0.1) is 0 Å². The number of carboxylic acids is 1. The van der Waals surface area contributed by atoms with Gasteiger partial charge in [-0.25, -0.2) is 9.59 Å². The quantitative estimate of drug-likeness (QED) is 0.488. The Morgan fingerprint density at radius 1 is 1.06 bits per heavy atom. The van der Waals surface area contributed by atoms with Gasteiger partial charge < -0.3 is 30.3 Å². The topological polar surface area (TPSA) is 134 Å². The van der Waals surface area contributed by atoms with Crippen molar-refractivity contribution in [3.63, 3.8) is 0 Å². The van der Waals surface area contributed by atoms with Crippen LogP contribution in [-0.2, 0) is 19.1 Å². The summed E-state index contributed by atoms with van der Waals surface area (Å²) in [6.07, 6.45) is -0.492. The van der Waals surface area contributed by atoms with Crippen LogP contribution < -0.4 is 10.6 Å². The highest BCUT2D eigenvalue weighted by Crippen LogP contribution is 2.44. The first-order chi connectivity index (χ1) is 16.3. The first kappa shape index (κ1) is 23.7. The molecule has 9 heteroatoms. The lowest BCUT2D eigenvalue weighted by Gasteiger charge is -2.38. The Hall–Kier alpha value is -3.43. The van der Waals surface area contributed by atoms with Crippen LogP contribution in [0.3, 0.4) is 0 Å². The summed E-state index contributed by atoms with van der Waals surface area (Å²) in [7, 11) is 0. The SMILES string of the molecule is CC(CO)(NC(=O)C1(NC(=O)OCC2c3ccccc3-c3ccccc32)CCOCC1)C(=O)O. The van der Waals surface area contributed by atoms with Crippen molar-refractivity contribution in [3.8, 4) is 11.1 Å². The average Bonchev–Trinajstić information content (AvgIpc) is 3.16. The lowest BCUT2D eigenvalue weighted by molar-refractivity contribution is -0.150. The maximum absolute atomic E-state index is 13.1. The fraction of sp³-hybridized carbons (Fsp3) is 0.400. The second-order valence-corrected chi connectivity index (χ2v) is 8.89. The van der Waals surface area contributed by atoms with E-state index in [1.807, 2.05) is 48.5 Å². The van der Waals surface area contributed by atoms with Crippen LogP contribution in [0.2, 0.25) is 0 Å². The summed E-state index contributed by atoms with van der Waals surface area (Å²) in [6.45, 7) is 0.899. The number of aliphatic carboxylic acids is 1. The molecule has 1 saturated heterocycles. The van der Waals surface area contributed by atoms with Gasteiger partial charge in [0.15, 0.2) is 5.54 Å². The third-order valence-corrected chi connectivity index (χ3v) is 6.64. The van der Waals surface area contributed by atoms with Gasteiger partial charge in [0, 0.05) is 32.0 Å². The highest BCUT2D eigenvalue weighted by atomic mass is 16.5. The highest BCUT2D eigenvalue weighted by Gasteiger charge is 2.46. The molecule has 180 valence electrons. The van der Waals surface area contributed by atoms with E-state index in [0.717, 1.165) is 22.3 Å². The van der Waals surface area contributed by atoms with Gasteiger partial charge >= 0.3 is 12.1 Å². The van der Waals surface area contributed by atoms with Crippen LogP contribution in [0.15, 0.2) is 48.5 Å². The number of alkyl carbamates (subject to hydrolysis) is 1. The van der Waals surface area contributed by atoms with Crippen molar-refractivity contribution in [2.45, 2.75) is 36.8 Å². The molecule has 0 radical (unpaired) electrons. The number of hydrogen-bond acceptors (Lipinski definition) is 6. The van der Waals surface area contributed by atoms with Crippen LogP contribution in [0, 0.1) is 0 Å². The molecule has 1 atom stereocenters. The third kappa shape index (κ3) is 4.36. The molecule has 4 rings (SSSR count). The zero-order valence-corrected chi connectivity index (χ0v) is 18.9. The molecule has 2 amide bonds. The normalized spacial score (nSPS) is 18.2. The number of rotatable bonds is 7. The van der Waals surface area contributed by atoms with Crippen molar-refractivity contribution in [2.24, 2.45) is 0 Å². The van der Waals surface area contributed by atoms with Crippen LogP contribution in [-0.4, -0.2) is 65.7 Å². The zero-order chi connectivity index (χ0) is 24.3. The lowest BCUT2D eigenvalue weighted by atomic mass is 9.87. The summed E-state index contributed by atoms with van der Waals surface area (Å²) in [5.41, 5.74) is 1.04. The number of fused-ring (bicyclic) bond motifs is 3. The minimum atomic E-state index is -1.88. The fourth-order valence-corrected chi connectivity index (χ4v) is 4.49. The van der Waals surface area contributed by atoms with Gasteiger partial charge in [0.1, 0.15) is 12.1 Å². The molecule has 0 bridgehead atoms. The summed E-state index contributed by atoms with van der Waals surface area (Å²) in [4.78, 5) is 37.5. The Labute approximate surface area is 197 Å². The number of carboxylic acid groups (broad SMARTS) is 1. The van der Waals surface area contributed by atoms with Gasteiger partial charge in [-0.3, -0.25) is 4.79 Å². The Balaban J connectivity index is 1.48. The maximum atomic E-state index is 13.1. The van der Waals surface area contributed by atoms with Crippen molar-refractivity contribution >= 4 is 18.0 Å². The predicted molar refractivity (Wildman–Crippen MR) is 122 cm³/mol. The molecule has 34 heavy (non-hydrogen) atoms. The van der Waals surface area contributed by atoms with E-state index in [1.165, 1.54) is 6.92 Å². The van der Waals surface area contributed by atoms with Crippen molar-refractivity contribution in [1.29, 1.82) is 0 Å². The third-order valence-electron chi connectivity index (χ3n) is 6.64. The Bertz CT molecular complexity index is 1050. The number of benzene rings is 2. The Morgan fingerprint density at radius 2 is 1.62 bits per heavy atom. The van der Waals surface area contributed by atoms with Gasteiger partial charge in [0.2, 0.25) is 5.91 Å². The van der Waals surface area contributed by atoms with Crippen molar-refractivity contribution in [2.75, 3.05) is 26.4 Å². The molecule has 0 aromatic heterocycles. The van der Waals surface area contributed by atoms with E-state index in [-0.39, 0.29) is 38.6 Å². The lowest BCUT2D eigenvalue weighted by Crippen LogP contribution is -2.66. The van der Waals surface area contributed by atoms with Crippen LogP contribution in [0.4, 0.5) is 4.79 Å². The van der Waals surface area contributed by atoms with Gasteiger partial charge in [-0.2, -0.15) is 0 Å². The second-order valence-electron chi connectivity index (χ2n) is 8.89. The van der Waals surface area contributed by atoms with E-state index in [9.17, 15) is 24.6 Å². The summed E-state index contributed by atoms with van der Waals surface area (Å²) in [5, 5.41) is 23.9. The Morgan fingerprint density at radius 3 is 2.15 bits per heavy atom. The summed E-state index contributed by atoms with van der Waals surface area (Å²) in [6, 6.07) is 15.9. The monoisotopic (exact) mass is 468 g/mol. The van der Waals surface area contributed by atoms with Crippen LogP contribution in [0.1, 0.15) is 36.8 Å². The first-order valence-electron chi connectivity index (χ1n) is 11.2. The molecule has 2 aromatic carbocycles. The number of nitrogens with one attached hydrogen (secondary N) is 2. The van der Waals surface area contributed by atoms with E-state index in [1.54, 1.807) is 0 Å². The van der Waals surface area contributed by atoms with Crippen LogP contribution >= 0.6 is 0 Å². The van der Waals surface area contributed by atoms with Crippen LogP contribution in [0.25, 0.3) is 11.1 Å². The van der Waals surface area contributed by atoms with Gasteiger partial charge in [0.05, 0.1) is 6.61 Å². The number of aliphatic hydroxyl groups excluding tert-OH is 1. The second kappa shape index (κ2) is 9.44. The molecule has 0 saturated carbocycles. The molecule has 1 aliphatic heterocycles. The van der Waals surface area contributed by atoms with Gasteiger partial charge in [0.25, 0.3) is 0 Å². The summed E-state index contributed by atoms with van der Waals surface area (Å²) >= 11 is 0. The molecule has 1 unspecified atom stereocenters. The number of amides is 2. The molecule has 2 aromatic rings. The van der Waals surface area contributed by atoms with Crippen molar-refractivity contribution < 1.29 is 34.1 Å². The fourth-order valence-electron chi connectivity index (χ4n) is 4.49. The average molecular weight is 469 g/mol. The standard InChI is InChI=1S/C25H28N2O7/c1-24(15-28,22(30)31)26-21(29)25(10-12-33-13-11-25)27-23(32)34-14-20-18-8-4-2-6-16(18)17-7-3-5-9-19(17)20/h2-9,20,28H,10-15H2,1H3,(H,26,29)(H,27,32)(H,30,31). The number of carbonyl (C=O) groups excluding carboxylic acids is 2. The number of hydrogen-bond donors (Lipinski definition) is 4. The molecule has 2 aliphatic rings. The predicted octanol–water partition coefficient (Wildman–Crippen LogP) is 2.03. The summed E-state index contributed by atoms with van der Waals surface area (Å²) < 4.78 is 10.9. The van der Waals surface area contributed by atoms with E-state index in [0.29, 0.717) is 0 Å². The smallest absolute Gasteiger partial charge is 0.408 e. The number of aliphatic hydroxyl groups is 1.